The molecule has 7 aromatic carbocycles. The quantitative estimate of drug-likeness (QED) is 0.173. The highest BCUT2D eigenvalue weighted by Crippen LogP contribution is 2.49. The largest absolute Gasteiger partial charge is 0.264 e. The summed E-state index contributed by atoms with van der Waals surface area (Å²) in [6.45, 7) is 4.66. The molecule has 0 N–H and O–H groups in total. The first-order valence-electron chi connectivity index (χ1n) is 18.8. The van der Waals surface area contributed by atoms with Crippen LogP contribution in [0.2, 0.25) is 0 Å². The molecule has 55 heavy (non-hydrogen) atoms. The highest BCUT2D eigenvalue weighted by molar-refractivity contribution is 6.05. The molecule has 0 bridgehead atoms. The van der Waals surface area contributed by atoms with Crippen LogP contribution >= 0.6 is 0 Å². The molecule has 0 saturated carbocycles. The Morgan fingerprint density at radius 1 is 0.364 bits per heavy atom. The standard InChI is InChI=1S/C52H37N3/c1-52(2)47-23-9-8-22-44(47)46-31-37(24-27-48(46)52)35-15-10-17-38(29-35)41-25-26-45(43-21-7-6-20-42(41)43)50-32-49(54-51(55-50)34-13-4-3-5-14-34)39-18-11-16-36(30-39)40-19-12-28-53-33-40/h3-33H,1-2H3. The van der Waals surface area contributed by atoms with Gasteiger partial charge in [-0.25, -0.2) is 9.97 Å². The van der Waals surface area contributed by atoms with E-state index in [1.165, 1.54) is 49.9 Å². The molecule has 2 aromatic heterocycles. The summed E-state index contributed by atoms with van der Waals surface area (Å²) < 4.78 is 0. The van der Waals surface area contributed by atoms with Crippen molar-refractivity contribution in [3.05, 3.63) is 199 Å². The van der Waals surface area contributed by atoms with E-state index in [1.807, 2.05) is 30.5 Å². The second-order valence-corrected chi connectivity index (χ2v) is 14.9. The fourth-order valence-corrected chi connectivity index (χ4v) is 8.38. The van der Waals surface area contributed by atoms with Crippen LogP contribution in [0.25, 0.3) is 89.2 Å². The molecule has 0 saturated heterocycles. The molecule has 10 rings (SSSR count). The smallest absolute Gasteiger partial charge is 0.160 e. The van der Waals surface area contributed by atoms with Crippen molar-refractivity contribution in [2.24, 2.45) is 0 Å². The Hall–Kier alpha value is -6.97. The summed E-state index contributed by atoms with van der Waals surface area (Å²) in [4.78, 5) is 14.7. The second kappa shape index (κ2) is 13.2. The van der Waals surface area contributed by atoms with Gasteiger partial charge in [0.15, 0.2) is 5.82 Å². The lowest BCUT2D eigenvalue weighted by Crippen LogP contribution is -2.14. The highest BCUT2D eigenvalue weighted by atomic mass is 14.9. The molecule has 0 aliphatic heterocycles. The average Bonchev–Trinajstić information content (AvgIpc) is 3.49. The Morgan fingerprint density at radius 2 is 0.964 bits per heavy atom. The van der Waals surface area contributed by atoms with E-state index in [1.54, 1.807) is 6.20 Å². The van der Waals surface area contributed by atoms with Crippen molar-refractivity contribution < 1.29 is 0 Å². The molecule has 0 unspecified atom stereocenters. The molecule has 1 aliphatic rings. The Bertz CT molecular complexity index is 2890. The van der Waals surface area contributed by atoms with Crippen molar-refractivity contribution in [2.75, 3.05) is 0 Å². The van der Waals surface area contributed by atoms with E-state index < -0.39 is 0 Å². The summed E-state index contributed by atoms with van der Waals surface area (Å²) in [5.74, 6) is 0.695. The van der Waals surface area contributed by atoms with Crippen LogP contribution in [0.3, 0.4) is 0 Å². The molecule has 3 nitrogen and oxygen atoms in total. The number of fused-ring (bicyclic) bond motifs is 4. The van der Waals surface area contributed by atoms with Gasteiger partial charge in [0.2, 0.25) is 0 Å². The van der Waals surface area contributed by atoms with Gasteiger partial charge in [0.25, 0.3) is 0 Å². The van der Waals surface area contributed by atoms with Crippen LogP contribution in [0.5, 0.6) is 0 Å². The summed E-state index contributed by atoms with van der Waals surface area (Å²) in [5.41, 5.74) is 17.2. The van der Waals surface area contributed by atoms with Crippen LogP contribution in [-0.4, -0.2) is 15.0 Å². The van der Waals surface area contributed by atoms with Crippen LogP contribution in [0.1, 0.15) is 25.0 Å². The molecule has 0 amide bonds. The van der Waals surface area contributed by atoms with Crippen molar-refractivity contribution >= 4 is 10.8 Å². The van der Waals surface area contributed by atoms with Crippen molar-refractivity contribution in [1.29, 1.82) is 0 Å². The summed E-state index contributed by atoms with van der Waals surface area (Å²) in [7, 11) is 0. The van der Waals surface area contributed by atoms with Crippen LogP contribution in [0.15, 0.2) is 188 Å². The van der Waals surface area contributed by atoms with Gasteiger partial charge in [-0.2, -0.15) is 0 Å². The van der Waals surface area contributed by atoms with Gasteiger partial charge in [-0.3, -0.25) is 4.98 Å². The molecular weight excluding hydrogens is 667 g/mol. The molecule has 0 fully saturated rings. The molecule has 3 heteroatoms. The van der Waals surface area contributed by atoms with Crippen LogP contribution in [0, 0.1) is 0 Å². The Morgan fingerprint density at radius 3 is 1.78 bits per heavy atom. The summed E-state index contributed by atoms with van der Waals surface area (Å²) >= 11 is 0. The number of aromatic nitrogens is 3. The molecular formula is C52H37N3. The number of hydrogen-bond donors (Lipinski definition) is 0. The fraction of sp³-hybridized carbons (Fsp3) is 0.0577. The van der Waals surface area contributed by atoms with Gasteiger partial charge in [0, 0.05) is 40.1 Å². The maximum Gasteiger partial charge on any atom is 0.160 e. The SMILES string of the molecule is CC1(C)c2ccccc2-c2cc(-c3cccc(-c4ccc(-c5cc(-c6cccc(-c7cccnc7)c6)nc(-c6ccccc6)n5)c5ccccc45)c3)ccc21. The maximum atomic E-state index is 5.22. The fourth-order valence-electron chi connectivity index (χ4n) is 8.38. The van der Waals surface area contributed by atoms with E-state index in [2.05, 4.69) is 170 Å². The van der Waals surface area contributed by atoms with Gasteiger partial charge in [-0.05, 0) is 91.2 Å². The topological polar surface area (TPSA) is 38.7 Å². The molecule has 1 aliphatic carbocycles. The van der Waals surface area contributed by atoms with Crippen molar-refractivity contribution in [3.8, 4) is 78.4 Å². The maximum absolute atomic E-state index is 5.22. The third kappa shape index (κ3) is 5.73. The zero-order valence-corrected chi connectivity index (χ0v) is 30.7. The first-order chi connectivity index (χ1) is 27.0. The van der Waals surface area contributed by atoms with Crippen LogP contribution < -0.4 is 0 Å². The first kappa shape index (κ1) is 32.7. The van der Waals surface area contributed by atoms with E-state index in [0.717, 1.165) is 44.6 Å². The molecule has 2 heterocycles. The Kier molecular flexibility index (Phi) is 7.81. The number of hydrogen-bond acceptors (Lipinski definition) is 3. The van der Waals surface area contributed by atoms with Gasteiger partial charge in [0.1, 0.15) is 0 Å². The normalized spacial score (nSPS) is 12.7. The van der Waals surface area contributed by atoms with E-state index in [9.17, 15) is 0 Å². The van der Waals surface area contributed by atoms with E-state index >= 15 is 0 Å². The van der Waals surface area contributed by atoms with E-state index in [0.29, 0.717) is 5.82 Å². The van der Waals surface area contributed by atoms with Crippen molar-refractivity contribution in [2.45, 2.75) is 19.3 Å². The Balaban J connectivity index is 1.08. The summed E-state index contributed by atoms with van der Waals surface area (Å²) in [6.07, 6.45) is 3.70. The predicted octanol–water partition coefficient (Wildman–Crippen LogP) is 13.3. The Labute approximate surface area is 321 Å². The minimum Gasteiger partial charge on any atom is -0.264 e. The lowest BCUT2D eigenvalue weighted by Gasteiger charge is -2.21. The number of nitrogens with zero attached hydrogens (tertiary/aromatic N) is 3. The van der Waals surface area contributed by atoms with Crippen LogP contribution in [-0.2, 0) is 5.41 Å². The van der Waals surface area contributed by atoms with Crippen LogP contribution in [0.4, 0.5) is 0 Å². The number of benzene rings is 7. The number of pyridine rings is 1. The average molecular weight is 704 g/mol. The lowest BCUT2D eigenvalue weighted by molar-refractivity contribution is 0.660. The lowest BCUT2D eigenvalue weighted by atomic mass is 9.82. The second-order valence-electron chi connectivity index (χ2n) is 14.9. The van der Waals surface area contributed by atoms with Crippen molar-refractivity contribution in [1.82, 2.24) is 15.0 Å². The molecule has 260 valence electrons. The highest BCUT2D eigenvalue weighted by Gasteiger charge is 2.35. The van der Waals surface area contributed by atoms with Gasteiger partial charge < -0.3 is 0 Å². The molecule has 0 radical (unpaired) electrons. The molecule has 9 aromatic rings. The predicted molar refractivity (Wildman–Crippen MR) is 228 cm³/mol. The first-order valence-corrected chi connectivity index (χ1v) is 18.8. The van der Waals surface area contributed by atoms with Gasteiger partial charge >= 0.3 is 0 Å². The zero-order chi connectivity index (χ0) is 36.9. The van der Waals surface area contributed by atoms with E-state index in [-0.39, 0.29) is 5.41 Å². The minimum absolute atomic E-state index is 0.0107. The van der Waals surface area contributed by atoms with Gasteiger partial charge in [-0.15, -0.1) is 0 Å². The monoisotopic (exact) mass is 703 g/mol. The molecule has 0 spiro atoms. The van der Waals surface area contributed by atoms with Crippen molar-refractivity contribution in [3.63, 3.8) is 0 Å². The minimum atomic E-state index is -0.0107. The third-order valence-electron chi connectivity index (χ3n) is 11.2. The summed E-state index contributed by atoms with van der Waals surface area (Å²) in [5, 5.41) is 2.33. The third-order valence-corrected chi connectivity index (χ3v) is 11.2. The molecule has 0 atom stereocenters. The van der Waals surface area contributed by atoms with Gasteiger partial charge in [-0.1, -0.05) is 159 Å². The van der Waals surface area contributed by atoms with Gasteiger partial charge in [0.05, 0.1) is 11.4 Å². The number of rotatable bonds is 6. The summed E-state index contributed by atoms with van der Waals surface area (Å²) in [6, 6.07) is 62.9. The zero-order valence-electron chi connectivity index (χ0n) is 30.7. The van der Waals surface area contributed by atoms with E-state index in [4.69, 9.17) is 9.97 Å².